The first-order valence-corrected chi connectivity index (χ1v) is 9.83. The number of carbonyl (C=O) groups is 2. The Kier molecular flexibility index (Phi) is 6.11. The summed E-state index contributed by atoms with van der Waals surface area (Å²) in [6, 6.07) is 10.1. The van der Waals surface area contributed by atoms with Crippen molar-refractivity contribution < 1.29 is 9.59 Å². The van der Waals surface area contributed by atoms with Crippen LogP contribution in [0.3, 0.4) is 0 Å². The summed E-state index contributed by atoms with van der Waals surface area (Å²) in [5, 5.41) is 0. The van der Waals surface area contributed by atoms with Gasteiger partial charge in [0.1, 0.15) is 0 Å². The number of carbonyl (C=O) groups excluding carboxylic acids is 2. The standard InChI is InChI=1S/C21H30N2O2/c1-2-8-19(17-9-4-3-5-10-17)21(25)23-15-11-18(12-16-23)20(24)22-13-6-7-14-22/h3-5,9-10,18-19H,2,6-8,11-16H2,1H3. The first-order valence-electron chi connectivity index (χ1n) is 9.83. The Labute approximate surface area is 151 Å². The van der Waals surface area contributed by atoms with Gasteiger partial charge in [0, 0.05) is 32.1 Å². The van der Waals surface area contributed by atoms with E-state index in [9.17, 15) is 9.59 Å². The summed E-state index contributed by atoms with van der Waals surface area (Å²) < 4.78 is 0. The third kappa shape index (κ3) is 4.23. The smallest absolute Gasteiger partial charge is 0.230 e. The molecule has 4 nitrogen and oxygen atoms in total. The van der Waals surface area contributed by atoms with Crippen LogP contribution in [0.2, 0.25) is 0 Å². The number of amides is 2. The molecule has 3 rings (SSSR count). The molecule has 2 aliphatic rings. The zero-order valence-corrected chi connectivity index (χ0v) is 15.3. The minimum Gasteiger partial charge on any atom is -0.342 e. The van der Waals surface area contributed by atoms with Crippen molar-refractivity contribution in [2.45, 2.75) is 51.4 Å². The Bertz CT molecular complexity index is 573. The maximum atomic E-state index is 13.1. The van der Waals surface area contributed by atoms with Crippen molar-refractivity contribution in [3.05, 3.63) is 35.9 Å². The first kappa shape index (κ1) is 18.0. The highest BCUT2D eigenvalue weighted by atomic mass is 16.2. The molecule has 1 aromatic carbocycles. The SMILES string of the molecule is CCCC(C(=O)N1CCC(C(=O)N2CCCC2)CC1)c1ccccc1. The molecular formula is C21H30N2O2. The monoisotopic (exact) mass is 342 g/mol. The van der Waals surface area contributed by atoms with Crippen molar-refractivity contribution in [1.82, 2.24) is 9.80 Å². The fourth-order valence-corrected chi connectivity index (χ4v) is 4.17. The molecule has 1 unspecified atom stereocenters. The quantitative estimate of drug-likeness (QED) is 0.822. The van der Waals surface area contributed by atoms with Gasteiger partial charge in [-0.25, -0.2) is 0 Å². The zero-order chi connectivity index (χ0) is 17.6. The van der Waals surface area contributed by atoms with Gasteiger partial charge in [-0.2, -0.15) is 0 Å². The second-order valence-corrected chi connectivity index (χ2v) is 7.38. The van der Waals surface area contributed by atoms with E-state index >= 15 is 0 Å². The van der Waals surface area contributed by atoms with Crippen molar-refractivity contribution in [1.29, 1.82) is 0 Å². The molecule has 0 aromatic heterocycles. The van der Waals surface area contributed by atoms with Crippen LogP contribution >= 0.6 is 0 Å². The van der Waals surface area contributed by atoms with Gasteiger partial charge in [-0.15, -0.1) is 0 Å². The molecule has 0 saturated carbocycles. The van der Waals surface area contributed by atoms with E-state index in [-0.39, 0.29) is 17.7 Å². The minimum atomic E-state index is -0.0444. The molecule has 2 heterocycles. The van der Waals surface area contributed by atoms with Gasteiger partial charge in [-0.1, -0.05) is 43.7 Å². The van der Waals surface area contributed by atoms with Crippen molar-refractivity contribution in [3.63, 3.8) is 0 Å². The summed E-state index contributed by atoms with van der Waals surface area (Å²) in [6.07, 6.45) is 5.78. The predicted molar refractivity (Wildman–Crippen MR) is 99.2 cm³/mol. The molecule has 2 aliphatic heterocycles. The maximum Gasteiger partial charge on any atom is 0.230 e. The number of benzene rings is 1. The van der Waals surface area contributed by atoms with Crippen LogP contribution < -0.4 is 0 Å². The molecule has 136 valence electrons. The molecule has 4 heteroatoms. The average molecular weight is 342 g/mol. The number of nitrogens with zero attached hydrogens (tertiary/aromatic N) is 2. The van der Waals surface area contributed by atoms with Crippen LogP contribution in [0.5, 0.6) is 0 Å². The summed E-state index contributed by atoms with van der Waals surface area (Å²) >= 11 is 0. The van der Waals surface area contributed by atoms with E-state index in [2.05, 4.69) is 19.1 Å². The van der Waals surface area contributed by atoms with Gasteiger partial charge in [-0.05, 0) is 37.7 Å². The Hall–Kier alpha value is -1.84. The average Bonchev–Trinajstić information content (AvgIpc) is 3.20. The summed E-state index contributed by atoms with van der Waals surface area (Å²) in [5.74, 6) is 0.624. The summed E-state index contributed by atoms with van der Waals surface area (Å²) in [4.78, 5) is 29.6. The second-order valence-electron chi connectivity index (χ2n) is 7.38. The van der Waals surface area contributed by atoms with Crippen LogP contribution in [0.25, 0.3) is 0 Å². The number of rotatable bonds is 5. The molecule has 25 heavy (non-hydrogen) atoms. The predicted octanol–water partition coefficient (Wildman–Crippen LogP) is 3.43. The molecule has 2 amide bonds. The van der Waals surface area contributed by atoms with Gasteiger partial charge in [0.25, 0.3) is 0 Å². The van der Waals surface area contributed by atoms with Crippen molar-refractivity contribution in [2.75, 3.05) is 26.2 Å². The first-order chi connectivity index (χ1) is 12.2. The van der Waals surface area contributed by atoms with Crippen LogP contribution in [0.15, 0.2) is 30.3 Å². The van der Waals surface area contributed by atoms with Crippen molar-refractivity contribution >= 4 is 11.8 Å². The lowest BCUT2D eigenvalue weighted by Gasteiger charge is -2.35. The van der Waals surface area contributed by atoms with Crippen molar-refractivity contribution in [2.24, 2.45) is 5.92 Å². The highest BCUT2D eigenvalue weighted by molar-refractivity contribution is 5.84. The van der Waals surface area contributed by atoms with Crippen LogP contribution in [-0.4, -0.2) is 47.8 Å². The lowest BCUT2D eigenvalue weighted by Crippen LogP contribution is -2.45. The number of hydrogen-bond acceptors (Lipinski definition) is 2. The Morgan fingerprint density at radius 2 is 1.64 bits per heavy atom. The minimum absolute atomic E-state index is 0.0444. The van der Waals surface area contributed by atoms with Gasteiger partial charge in [0.2, 0.25) is 11.8 Å². The van der Waals surface area contributed by atoms with Crippen LogP contribution in [0, 0.1) is 5.92 Å². The Balaban J connectivity index is 1.59. The number of hydrogen-bond donors (Lipinski definition) is 0. The second kappa shape index (κ2) is 8.50. The molecule has 0 spiro atoms. The van der Waals surface area contributed by atoms with Gasteiger partial charge >= 0.3 is 0 Å². The molecule has 2 fully saturated rings. The Morgan fingerprint density at radius 3 is 2.24 bits per heavy atom. The maximum absolute atomic E-state index is 13.1. The van der Waals surface area contributed by atoms with Crippen LogP contribution in [0.4, 0.5) is 0 Å². The Morgan fingerprint density at radius 1 is 1.00 bits per heavy atom. The summed E-state index contributed by atoms with van der Waals surface area (Å²) in [5.41, 5.74) is 1.12. The van der Waals surface area contributed by atoms with E-state index < -0.39 is 0 Å². The molecule has 0 radical (unpaired) electrons. The van der Waals surface area contributed by atoms with Gasteiger partial charge in [-0.3, -0.25) is 9.59 Å². The largest absolute Gasteiger partial charge is 0.342 e. The fraction of sp³-hybridized carbons (Fsp3) is 0.619. The lowest BCUT2D eigenvalue weighted by molar-refractivity contribution is -0.140. The normalized spacial score (nSPS) is 19.9. The van der Waals surface area contributed by atoms with E-state index in [0.29, 0.717) is 5.91 Å². The number of piperidine rings is 1. The molecule has 2 saturated heterocycles. The molecule has 0 bridgehead atoms. The van der Waals surface area contributed by atoms with E-state index in [1.165, 1.54) is 0 Å². The van der Waals surface area contributed by atoms with Gasteiger partial charge < -0.3 is 9.80 Å². The molecule has 1 aromatic rings. The van der Waals surface area contributed by atoms with E-state index in [4.69, 9.17) is 0 Å². The number of likely N-dealkylation sites (tertiary alicyclic amines) is 2. The van der Waals surface area contributed by atoms with Gasteiger partial charge in [0.05, 0.1) is 5.92 Å². The van der Waals surface area contributed by atoms with Gasteiger partial charge in [0.15, 0.2) is 0 Å². The fourth-order valence-electron chi connectivity index (χ4n) is 4.17. The zero-order valence-electron chi connectivity index (χ0n) is 15.3. The third-order valence-corrected chi connectivity index (χ3v) is 5.65. The highest BCUT2D eigenvalue weighted by Gasteiger charge is 2.33. The van der Waals surface area contributed by atoms with E-state index in [0.717, 1.165) is 70.3 Å². The van der Waals surface area contributed by atoms with Crippen LogP contribution in [0.1, 0.15) is 56.9 Å². The third-order valence-electron chi connectivity index (χ3n) is 5.65. The lowest BCUT2D eigenvalue weighted by atomic mass is 9.90. The topological polar surface area (TPSA) is 40.6 Å². The van der Waals surface area contributed by atoms with E-state index in [1.807, 2.05) is 28.0 Å². The summed E-state index contributed by atoms with van der Waals surface area (Å²) in [6.45, 7) is 5.41. The molecule has 0 N–H and O–H groups in total. The van der Waals surface area contributed by atoms with Crippen LogP contribution in [-0.2, 0) is 9.59 Å². The van der Waals surface area contributed by atoms with E-state index in [1.54, 1.807) is 0 Å². The molecule has 1 atom stereocenters. The highest BCUT2D eigenvalue weighted by Crippen LogP contribution is 2.28. The molecule has 0 aliphatic carbocycles. The van der Waals surface area contributed by atoms with Crippen molar-refractivity contribution in [3.8, 4) is 0 Å². The summed E-state index contributed by atoms with van der Waals surface area (Å²) in [7, 11) is 0. The molecular weight excluding hydrogens is 312 g/mol.